The molecule has 8 nitrogen and oxygen atoms in total. The van der Waals surface area contributed by atoms with Crippen molar-refractivity contribution in [3.05, 3.63) is 55.3 Å². The molecular weight excluding hydrogens is 216 g/mol. The van der Waals surface area contributed by atoms with E-state index < -0.39 is 16.3 Å². The number of nitro benzene ring substituents is 1. The predicted octanol–water partition coefficient (Wildman–Crippen LogP) is -0.238. The highest BCUT2D eigenvalue weighted by molar-refractivity contribution is 5.40. The van der Waals surface area contributed by atoms with Crippen LogP contribution in [0.2, 0.25) is 0 Å². The maximum atomic E-state index is 11.2. The Bertz CT molecular complexity index is 606. The van der Waals surface area contributed by atoms with Gasteiger partial charge in [-0.1, -0.05) is 0 Å². The Hall–Kier alpha value is -2.64. The number of rotatable bonds is 2. The fraction of sp³-hybridized carbons (Fsp3) is 0. The van der Waals surface area contributed by atoms with Gasteiger partial charge in [0.1, 0.15) is 0 Å². The van der Waals surface area contributed by atoms with Crippen molar-refractivity contribution in [2.24, 2.45) is 0 Å². The molecule has 0 unspecified atom stereocenters. The number of nitro groups is 1. The smallest absolute Gasteiger partial charge is 0.258 e. The van der Waals surface area contributed by atoms with Crippen LogP contribution in [-0.4, -0.2) is 19.7 Å². The molecule has 2 N–H and O–H groups in total. The van der Waals surface area contributed by atoms with Gasteiger partial charge in [-0.15, -0.1) is 0 Å². The SMILES string of the molecule is O=c1[nH][nH]c(=O)n1-c1ccc([N+](=O)[O-])cc1. The van der Waals surface area contributed by atoms with Gasteiger partial charge in [0.05, 0.1) is 10.6 Å². The molecular formula is C8H6N4O4. The van der Waals surface area contributed by atoms with Crippen molar-refractivity contribution in [2.75, 3.05) is 0 Å². The third-order valence-electron chi connectivity index (χ3n) is 2.00. The average molecular weight is 222 g/mol. The summed E-state index contributed by atoms with van der Waals surface area (Å²) in [6.07, 6.45) is 0. The van der Waals surface area contributed by atoms with Gasteiger partial charge in [-0.05, 0) is 12.1 Å². The lowest BCUT2D eigenvalue weighted by atomic mass is 10.3. The van der Waals surface area contributed by atoms with E-state index in [9.17, 15) is 19.7 Å². The minimum absolute atomic E-state index is 0.108. The van der Waals surface area contributed by atoms with Crippen molar-refractivity contribution >= 4 is 5.69 Å². The molecule has 0 bridgehead atoms. The topological polar surface area (TPSA) is 114 Å². The quantitative estimate of drug-likeness (QED) is 0.539. The van der Waals surface area contributed by atoms with Crippen molar-refractivity contribution in [3.8, 4) is 5.69 Å². The highest BCUT2D eigenvalue weighted by atomic mass is 16.6. The fourth-order valence-corrected chi connectivity index (χ4v) is 1.27. The van der Waals surface area contributed by atoms with Crippen molar-refractivity contribution in [1.29, 1.82) is 0 Å². The Balaban J connectivity index is 2.55. The highest BCUT2D eigenvalue weighted by Gasteiger charge is 2.08. The van der Waals surface area contributed by atoms with E-state index >= 15 is 0 Å². The molecule has 0 atom stereocenters. The summed E-state index contributed by atoms with van der Waals surface area (Å²) in [4.78, 5) is 32.2. The van der Waals surface area contributed by atoms with Crippen molar-refractivity contribution < 1.29 is 4.92 Å². The zero-order chi connectivity index (χ0) is 11.7. The van der Waals surface area contributed by atoms with Crippen LogP contribution in [-0.2, 0) is 0 Å². The number of hydrogen-bond acceptors (Lipinski definition) is 4. The van der Waals surface area contributed by atoms with Gasteiger partial charge in [0.2, 0.25) is 0 Å². The van der Waals surface area contributed by atoms with Crippen LogP contribution in [0.1, 0.15) is 0 Å². The highest BCUT2D eigenvalue weighted by Crippen LogP contribution is 2.12. The zero-order valence-corrected chi connectivity index (χ0v) is 7.84. The van der Waals surface area contributed by atoms with Crippen LogP contribution >= 0.6 is 0 Å². The van der Waals surface area contributed by atoms with Crippen LogP contribution < -0.4 is 11.4 Å². The largest absolute Gasteiger partial charge is 0.348 e. The van der Waals surface area contributed by atoms with Gasteiger partial charge in [0.25, 0.3) is 5.69 Å². The number of aromatic amines is 2. The second-order valence-electron chi connectivity index (χ2n) is 2.97. The molecule has 0 saturated carbocycles. The van der Waals surface area contributed by atoms with Crippen LogP contribution in [0.3, 0.4) is 0 Å². The Morgan fingerprint density at radius 1 is 1.06 bits per heavy atom. The molecule has 0 radical (unpaired) electrons. The monoisotopic (exact) mass is 222 g/mol. The van der Waals surface area contributed by atoms with Gasteiger partial charge in [0.15, 0.2) is 0 Å². The molecule has 8 heteroatoms. The van der Waals surface area contributed by atoms with E-state index in [-0.39, 0.29) is 11.4 Å². The lowest BCUT2D eigenvalue weighted by Crippen LogP contribution is -2.24. The van der Waals surface area contributed by atoms with E-state index in [0.29, 0.717) is 0 Å². The van der Waals surface area contributed by atoms with Crippen LogP contribution in [0, 0.1) is 10.1 Å². The first-order valence-corrected chi connectivity index (χ1v) is 4.24. The lowest BCUT2D eigenvalue weighted by Gasteiger charge is -1.97. The first kappa shape index (κ1) is 9.90. The molecule has 0 spiro atoms. The summed E-state index contributed by atoms with van der Waals surface area (Å²) < 4.78 is 0.837. The summed E-state index contributed by atoms with van der Waals surface area (Å²) in [5.74, 6) is 0. The van der Waals surface area contributed by atoms with Crippen LogP contribution in [0.15, 0.2) is 33.9 Å². The fourth-order valence-electron chi connectivity index (χ4n) is 1.27. The third-order valence-corrected chi connectivity index (χ3v) is 2.00. The van der Waals surface area contributed by atoms with Gasteiger partial charge in [-0.3, -0.25) is 10.1 Å². The predicted molar refractivity (Wildman–Crippen MR) is 53.7 cm³/mol. The Kier molecular flexibility index (Phi) is 2.16. The molecule has 16 heavy (non-hydrogen) atoms. The van der Waals surface area contributed by atoms with Crippen molar-refractivity contribution in [1.82, 2.24) is 14.8 Å². The van der Waals surface area contributed by atoms with Gasteiger partial charge >= 0.3 is 11.4 Å². The van der Waals surface area contributed by atoms with E-state index in [2.05, 4.69) is 10.2 Å². The summed E-state index contributed by atoms with van der Waals surface area (Å²) in [5.41, 5.74) is -1.10. The number of nitrogens with zero attached hydrogens (tertiary/aromatic N) is 2. The minimum atomic E-state index is -0.626. The van der Waals surface area contributed by atoms with Crippen LogP contribution in [0.25, 0.3) is 5.69 Å². The Labute approximate surface area is 87.3 Å². The van der Waals surface area contributed by atoms with E-state index in [4.69, 9.17) is 0 Å². The number of H-pyrrole nitrogens is 2. The summed E-state index contributed by atoms with van der Waals surface area (Å²) in [5, 5.41) is 14.6. The molecule has 0 fully saturated rings. The maximum Gasteiger partial charge on any atom is 0.348 e. The van der Waals surface area contributed by atoms with Crippen molar-refractivity contribution in [3.63, 3.8) is 0 Å². The summed E-state index contributed by atoms with van der Waals surface area (Å²) in [6.45, 7) is 0. The normalized spacial score (nSPS) is 10.2. The van der Waals surface area contributed by atoms with Gasteiger partial charge in [-0.25, -0.2) is 24.4 Å². The minimum Gasteiger partial charge on any atom is -0.258 e. The molecule has 2 rings (SSSR count). The van der Waals surface area contributed by atoms with E-state index in [1.54, 1.807) is 0 Å². The zero-order valence-electron chi connectivity index (χ0n) is 7.84. The molecule has 2 aromatic rings. The average Bonchev–Trinajstić information content (AvgIpc) is 2.59. The Morgan fingerprint density at radius 3 is 2.00 bits per heavy atom. The number of aromatic nitrogens is 3. The van der Waals surface area contributed by atoms with E-state index in [0.717, 1.165) is 4.57 Å². The molecule has 1 aromatic carbocycles. The molecule has 0 aliphatic carbocycles. The lowest BCUT2D eigenvalue weighted by molar-refractivity contribution is -0.384. The first-order valence-electron chi connectivity index (χ1n) is 4.24. The van der Waals surface area contributed by atoms with Gasteiger partial charge < -0.3 is 0 Å². The molecule has 1 heterocycles. The number of nitrogens with one attached hydrogen (secondary N) is 2. The first-order chi connectivity index (χ1) is 7.59. The standard InChI is InChI=1S/C8H6N4O4/c13-7-9-10-8(14)11(7)5-1-3-6(4-2-5)12(15)16/h1-4H,(H,9,13)(H,10,14). The number of hydrogen-bond donors (Lipinski definition) is 2. The van der Waals surface area contributed by atoms with E-state index in [1.165, 1.54) is 24.3 Å². The molecule has 0 aliphatic rings. The van der Waals surface area contributed by atoms with Crippen LogP contribution in [0.5, 0.6) is 0 Å². The second-order valence-corrected chi connectivity index (χ2v) is 2.97. The molecule has 82 valence electrons. The molecule has 1 aromatic heterocycles. The summed E-state index contributed by atoms with van der Waals surface area (Å²) in [6, 6.07) is 5.08. The number of non-ortho nitro benzene ring substituents is 1. The molecule has 0 aliphatic heterocycles. The van der Waals surface area contributed by atoms with Gasteiger partial charge in [-0.2, -0.15) is 0 Å². The van der Waals surface area contributed by atoms with Gasteiger partial charge in [0, 0.05) is 12.1 Å². The summed E-state index contributed by atoms with van der Waals surface area (Å²) >= 11 is 0. The maximum absolute atomic E-state index is 11.2. The molecule has 0 saturated heterocycles. The molecule has 0 amide bonds. The third kappa shape index (κ3) is 1.52. The van der Waals surface area contributed by atoms with Crippen LogP contribution in [0.4, 0.5) is 5.69 Å². The van der Waals surface area contributed by atoms with E-state index in [1.807, 2.05) is 0 Å². The number of benzene rings is 1. The van der Waals surface area contributed by atoms with Crippen molar-refractivity contribution in [2.45, 2.75) is 0 Å². The summed E-state index contributed by atoms with van der Waals surface area (Å²) in [7, 11) is 0. The Morgan fingerprint density at radius 2 is 1.56 bits per heavy atom. The second kappa shape index (κ2) is 3.50.